The largest absolute Gasteiger partial charge is 0.427 e. The first-order valence-electron chi connectivity index (χ1n) is 9.66. The van der Waals surface area contributed by atoms with E-state index in [0.29, 0.717) is 21.5 Å². The Morgan fingerprint density at radius 1 is 0.839 bits per heavy atom. The summed E-state index contributed by atoms with van der Waals surface area (Å²) < 4.78 is 35.0. The van der Waals surface area contributed by atoms with Crippen LogP contribution < -0.4 is 9.47 Å². The highest BCUT2D eigenvalue weighted by Gasteiger charge is 2.40. The van der Waals surface area contributed by atoms with E-state index in [2.05, 4.69) is 0 Å². The number of carbonyl (C=O) groups is 2. The predicted octanol–water partition coefficient (Wildman–Crippen LogP) is 4.56. The third-order valence-corrected chi connectivity index (χ3v) is 7.90. The minimum absolute atomic E-state index is 0.112. The number of rotatable bonds is 6. The Labute approximate surface area is 191 Å². The van der Waals surface area contributed by atoms with Crippen LogP contribution in [0.2, 0.25) is 10.0 Å². The van der Waals surface area contributed by atoms with Crippen LogP contribution in [0.15, 0.2) is 36.4 Å². The molecule has 2 aromatic rings. The first-order chi connectivity index (χ1) is 14.5. The Balaban J connectivity index is 1.63. The molecule has 0 aromatic heterocycles. The third kappa shape index (κ3) is 6.45. The zero-order chi connectivity index (χ0) is 22.8. The van der Waals surface area contributed by atoms with E-state index in [1.807, 2.05) is 0 Å². The summed E-state index contributed by atoms with van der Waals surface area (Å²) in [4.78, 5) is 24.8. The Morgan fingerprint density at radius 2 is 1.23 bits per heavy atom. The molecule has 0 unspecified atom stereocenters. The zero-order valence-electron chi connectivity index (χ0n) is 17.1. The maximum atomic E-state index is 12.4. The van der Waals surface area contributed by atoms with E-state index in [-0.39, 0.29) is 24.3 Å². The SMILES string of the molecule is Cc1cc(OC(=O)C[C@H]2CS(=O)(=O)C[C@@H]2CC(=O)Oc2ccc(Cl)c(C)c2)ccc1Cl. The summed E-state index contributed by atoms with van der Waals surface area (Å²) in [5, 5.41) is 1.10. The number of hydrogen-bond acceptors (Lipinski definition) is 6. The number of carbonyl (C=O) groups excluding carboxylic acids is 2. The van der Waals surface area contributed by atoms with Crippen LogP contribution in [-0.4, -0.2) is 31.9 Å². The fraction of sp³-hybridized carbons (Fsp3) is 0.364. The molecule has 2 atom stereocenters. The number of benzene rings is 2. The van der Waals surface area contributed by atoms with Crippen molar-refractivity contribution in [2.24, 2.45) is 11.8 Å². The highest BCUT2D eigenvalue weighted by Crippen LogP contribution is 2.32. The van der Waals surface area contributed by atoms with Gasteiger partial charge in [-0.2, -0.15) is 0 Å². The van der Waals surface area contributed by atoms with E-state index >= 15 is 0 Å². The van der Waals surface area contributed by atoms with Crippen molar-refractivity contribution in [1.29, 1.82) is 0 Å². The van der Waals surface area contributed by atoms with Gasteiger partial charge in [0.2, 0.25) is 0 Å². The lowest BCUT2D eigenvalue weighted by molar-refractivity contribution is -0.138. The van der Waals surface area contributed by atoms with Gasteiger partial charge in [-0.3, -0.25) is 9.59 Å². The molecule has 166 valence electrons. The number of sulfone groups is 1. The molecule has 0 aliphatic carbocycles. The van der Waals surface area contributed by atoms with Crippen molar-refractivity contribution in [2.45, 2.75) is 26.7 Å². The summed E-state index contributed by atoms with van der Waals surface area (Å²) in [6, 6.07) is 9.65. The molecule has 0 saturated carbocycles. The molecular formula is C22H22Cl2O6S. The second-order valence-corrected chi connectivity index (χ2v) is 10.7. The Morgan fingerprint density at radius 3 is 1.58 bits per heavy atom. The molecule has 1 saturated heterocycles. The number of aryl methyl sites for hydroxylation is 2. The quantitative estimate of drug-likeness (QED) is 0.441. The zero-order valence-corrected chi connectivity index (χ0v) is 19.4. The van der Waals surface area contributed by atoms with Gasteiger partial charge in [-0.15, -0.1) is 0 Å². The van der Waals surface area contributed by atoms with Crippen molar-refractivity contribution in [2.75, 3.05) is 11.5 Å². The summed E-state index contributed by atoms with van der Waals surface area (Å²) >= 11 is 11.9. The number of halogens is 2. The monoisotopic (exact) mass is 484 g/mol. The van der Waals surface area contributed by atoms with Gasteiger partial charge in [0.25, 0.3) is 0 Å². The van der Waals surface area contributed by atoms with E-state index in [0.717, 1.165) is 11.1 Å². The molecular weight excluding hydrogens is 463 g/mol. The van der Waals surface area contributed by atoms with Crippen LogP contribution in [0.1, 0.15) is 24.0 Å². The molecule has 0 bridgehead atoms. The standard InChI is InChI=1S/C22H22Cl2O6S/c1-13-7-17(3-5-19(13)23)29-21(25)9-15-11-31(27,28)12-16(15)10-22(26)30-18-4-6-20(24)14(2)8-18/h3-8,15-16H,9-12H2,1-2H3/t15-,16-/m0/s1. The molecule has 6 nitrogen and oxygen atoms in total. The first kappa shape index (κ1) is 23.6. The Bertz CT molecular complexity index is 1030. The van der Waals surface area contributed by atoms with E-state index in [4.69, 9.17) is 32.7 Å². The summed E-state index contributed by atoms with van der Waals surface area (Å²) in [6.07, 6.45) is -0.224. The molecule has 3 rings (SSSR count). The van der Waals surface area contributed by atoms with Gasteiger partial charge in [0, 0.05) is 10.0 Å². The van der Waals surface area contributed by atoms with Crippen molar-refractivity contribution in [3.05, 3.63) is 57.6 Å². The van der Waals surface area contributed by atoms with Crippen LogP contribution in [0.4, 0.5) is 0 Å². The van der Waals surface area contributed by atoms with E-state index in [1.54, 1.807) is 50.2 Å². The minimum atomic E-state index is -3.36. The van der Waals surface area contributed by atoms with Crippen LogP contribution in [0.3, 0.4) is 0 Å². The fourth-order valence-corrected chi connectivity index (χ4v) is 6.04. The lowest BCUT2D eigenvalue weighted by Gasteiger charge is -2.17. The van der Waals surface area contributed by atoms with Gasteiger partial charge in [-0.1, -0.05) is 23.2 Å². The minimum Gasteiger partial charge on any atom is -0.427 e. The van der Waals surface area contributed by atoms with Crippen LogP contribution in [0.25, 0.3) is 0 Å². The molecule has 0 radical (unpaired) electrons. The first-order valence-corrected chi connectivity index (χ1v) is 12.2. The average Bonchev–Trinajstić information content (AvgIpc) is 2.94. The van der Waals surface area contributed by atoms with Gasteiger partial charge >= 0.3 is 11.9 Å². The second-order valence-electron chi connectivity index (χ2n) is 7.78. The molecule has 31 heavy (non-hydrogen) atoms. The summed E-state index contributed by atoms with van der Waals surface area (Å²) in [6.45, 7) is 3.57. The van der Waals surface area contributed by atoms with Gasteiger partial charge < -0.3 is 9.47 Å². The van der Waals surface area contributed by atoms with Crippen molar-refractivity contribution in [3.8, 4) is 11.5 Å². The summed E-state index contributed by atoms with van der Waals surface area (Å²) in [5.74, 6) is -1.83. The van der Waals surface area contributed by atoms with Gasteiger partial charge in [0.15, 0.2) is 9.84 Å². The molecule has 1 fully saturated rings. The molecule has 0 spiro atoms. The number of esters is 2. The van der Waals surface area contributed by atoms with Crippen LogP contribution in [0, 0.1) is 25.7 Å². The van der Waals surface area contributed by atoms with E-state index in [9.17, 15) is 18.0 Å². The van der Waals surface area contributed by atoms with Crippen molar-refractivity contribution in [3.63, 3.8) is 0 Å². The van der Waals surface area contributed by atoms with E-state index < -0.39 is 33.6 Å². The predicted molar refractivity (Wildman–Crippen MR) is 119 cm³/mol. The van der Waals surface area contributed by atoms with Gasteiger partial charge in [0.1, 0.15) is 11.5 Å². The average molecular weight is 485 g/mol. The highest BCUT2D eigenvalue weighted by molar-refractivity contribution is 7.91. The molecule has 1 heterocycles. The third-order valence-electron chi connectivity index (χ3n) is 5.18. The fourth-order valence-electron chi connectivity index (χ4n) is 3.58. The van der Waals surface area contributed by atoms with Crippen molar-refractivity contribution >= 4 is 45.0 Å². The molecule has 0 N–H and O–H groups in total. The maximum absolute atomic E-state index is 12.4. The van der Waals surface area contributed by atoms with Crippen molar-refractivity contribution in [1.82, 2.24) is 0 Å². The normalized spacial score (nSPS) is 19.7. The topological polar surface area (TPSA) is 86.7 Å². The molecule has 0 amide bonds. The molecule has 2 aromatic carbocycles. The summed E-state index contributed by atoms with van der Waals surface area (Å²) in [5.41, 5.74) is 1.52. The number of hydrogen-bond donors (Lipinski definition) is 0. The molecule has 9 heteroatoms. The molecule has 1 aliphatic heterocycles. The Kier molecular flexibility index (Phi) is 7.29. The maximum Gasteiger partial charge on any atom is 0.311 e. The number of ether oxygens (including phenoxy) is 2. The van der Waals surface area contributed by atoms with Crippen molar-refractivity contribution < 1.29 is 27.5 Å². The van der Waals surface area contributed by atoms with Crippen LogP contribution >= 0.6 is 23.2 Å². The van der Waals surface area contributed by atoms with Crippen LogP contribution in [0.5, 0.6) is 11.5 Å². The highest BCUT2D eigenvalue weighted by atomic mass is 35.5. The second kappa shape index (κ2) is 9.59. The molecule has 1 aliphatic rings. The Hall–Kier alpha value is -2.09. The van der Waals surface area contributed by atoms with E-state index in [1.165, 1.54) is 0 Å². The summed E-state index contributed by atoms with van der Waals surface area (Å²) in [7, 11) is -3.36. The smallest absolute Gasteiger partial charge is 0.311 e. The van der Waals surface area contributed by atoms with Crippen LogP contribution in [-0.2, 0) is 19.4 Å². The lowest BCUT2D eigenvalue weighted by Crippen LogP contribution is -2.23. The van der Waals surface area contributed by atoms with Gasteiger partial charge in [0.05, 0.1) is 24.3 Å². The van der Waals surface area contributed by atoms with Gasteiger partial charge in [-0.25, -0.2) is 8.42 Å². The van der Waals surface area contributed by atoms with Gasteiger partial charge in [-0.05, 0) is 73.2 Å². The lowest BCUT2D eigenvalue weighted by atomic mass is 9.90.